The summed E-state index contributed by atoms with van der Waals surface area (Å²) in [5, 5.41) is 13.1. The number of aliphatic carboxylic acids is 1. The molecular weight excluding hydrogens is 560 g/mol. The Kier molecular flexibility index (Phi) is 9.06. The normalized spacial score (nSPS) is 20.1. The predicted octanol–water partition coefficient (Wildman–Crippen LogP) is 6.57. The highest BCUT2D eigenvalue weighted by Gasteiger charge is 2.44. The van der Waals surface area contributed by atoms with Crippen molar-refractivity contribution in [1.29, 1.82) is 0 Å². The number of amides is 1. The van der Waals surface area contributed by atoms with Crippen molar-refractivity contribution in [2.75, 3.05) is 13.1 Å². The third-order valence-electron chi connectivity index (χ3n) is 6.80. The zero-order valence-electron chi connectivity index (χ0n) is 22.1. The lowest BCUT2D eigenvalue weighted by molar-refractivity contribution is -0.145. The molecule has 1 amide bonds. The van der Waals surface area contributed by atoms with Crippen LogP contribution in [0.5, 0.6) is 0 Å². The van der Waals surface area contributed by atoms with Gasteiger partial charge >= 0.3 is 12.1 Å². The average Bonchev–Trinajstić information content (AvgIpc) is 3.22. The molecule has 214 valence electrons. The molecule has 2 heterocycles. The summed E-state index contributed by atoms with van der Waals surface area (Å²) >= 11 is 12.2. The number of halogens is 5. The summed E-state index contributed by atoms with van der Waals surface area (Å²) in [5.41, 5.74) is -3.01. The fraction of sp³-hybridized carbons (Fsp3) is 0.577. The van der Waals surface area contributed by atoms with Crippen molar-refractivity contribution in [3.63, 3.8) is 0 Å². The highest BCUT2D eigenvalue weighted by molar-refractivity contribution is 6.39. The summed E-state index contributed by atoms with van der Waals surface area (Å²) in [7, 11) is 0. The second-order valence-corrected chi connectivity index (χ2v) is 12.4. The molecule has 13 heteroatoms. The van der Waals surface area contributed by atoms with Gasteiger partial charge in [-0.3, -0.25) is 24.0 Å². The summed E-state index contributed by atoms with van der Waals surface area (Å²) in [6.45, 7) is 6.58. The van der Waals surface area contributed by atoms with Gasteiger partial charge in [0.1, 0.15) is 0 Å². The zero-order chi connectivity index (χ0) is 29.3. The molecule has 8 nitrogen and oxygen atoms in total. The molecule has 3 rings (SSSR count). The third kappa shape index (κ3) is 7.51. The fourth-order valence-electron chi connectivity index (χ4n) is 5.04. The van der Waals surface area contributed by atoms with Crippen LogP contribution in [0.4, 0.5) is 13.2 Å². The first-order chi connectivity index (χ1) is 17.9. The number of carboxylic acid groups (broad SMARTS) is 1. The zero-order valence-corrected chi connectivity index (χ0v) is 23.6. The number of pyridine rings is 1. The molecule has 1 saturated carbocycles. The van der Waals surface area contributed by atoms with E-state index in [-0.39, 0.29) is 41.4 Å². The van der Waals surface area contributed by atoms with Gasteiger partial charge < -0.3 is 10.0 Å². The Labute approximate surface area is 234 Å². The average molecular weight is 591 g/mol. The van der Waals surface area contributed by atoms with Crippen molar-refractivity contribution in [3.05, 3.63) is 45.5 Å². The molecule has 1 aliphatic carbocycles. The van der Waals surface area contributed by atoms with E-state index < -0.39 is 58.5 Å². The quantitative estimate of drug-likeness (QED) is 0.348. The van der Waals surface area contributed by atoms with Gasteiger partial charge in [0.15, 0.2) is 11.5 Å². The largest absolute Gasteiger partial charge is 0.481 e. The van der Waals surface area contributed by atoms with Crippen molar-refractivity contribution < 1.29 is 32.7 Å². The molecule has 0 spiro atoms. The van der Waals surface area contributed by atoms with Gasteiger partial charge in [-0.1, -0.05) is 50.9 Å². The Bertz CT molecular complexity index is 1230. The first kappa shape index (κ1) is 30.9. The Hall–Kier alpha value is -2.66. The lowest BCUT2D eigenvalue weighted by atomic mass is 9.72. The highest BCUT2D eigenvalue weighted by atomic mass is 35.5. The number of Topliss-reactive ketones (excluding diaryl/α,β-unsaturated/α-hetero) is 1. The molecular formula is C26H31Cl2F3N4O4. The maximum Gasteiger partial charge on any atom is 0.433 e. The third-order valence-corrected chi connectivity index (χ3v) is 7.37. The Morgan fingerprint density at radius 2 is 1.67 bits per heavy atom. The van der Waals surface area contributed by atoms with E-state index in [1.807, 2.05) is 6.92 Å². The van der Waals surface area contributed by atoms with Gasteiger partial charge in [-0.25, -0.2) is 0 Å². The first-order valence-electron chi connectivity index (χ1n) is 12.4. The number of aromatic nitrogens is 3. The van der Waals surface area contributed by atoms with Gasteiger partial charge in [0, 0.05) is 18.9 Å². The molecule has 0 saturated heterocycles. The number of hydrogen-bond donors (Lipinski definition) is 1. The van der Waals surface area contributed by atoms with Crippen LogP contribution in [0, 0.1) is 10.8 Å². The molecule has 1 fully saturated rings. The Morgan fingerprint density at radius 1 is 1.10 bits per heavy atom. The van der Waals surface area contributed by atoms with Crippen molar-refractivity contribution in [2.24, 2.45) is 10.8 Å². The van der Waals surface area contributed by atoms with Crippen molar-refractivity contribution >= 4 is 40.9 Å². The summed E-state index contributed by atoms with van der Waals surface area (Å²) in [6.07, 6.45) is -0.277. The molecule has 0 aromatic carbocycles. The number of carbonyl (C=O) groups is 3. The van der Waals surface area contributed by atoms with Gasteiger partial charge in [-0.2, -0.15) is 18.3 Å². The Morgan fingerprint density at radius 3 is 2.15 bits per heavy atom. The minimum atomic E-state index is -4.90. The van der Waals surface area contributed by atoms with Crippen LogP contribution in [0.2, 0.25) is 10.0 Å². The lowest BCUT2D eigenvalue weighted by Gasteiger charge is -2.37. The first-order valence-corrected chi connectivity index (χ1v) is 13.2. The molecule has 39 heavy (non-hydrogen) atoms. The van der Waals surface area contributed by atoms with E-state index in [2.05, 4.69) is 10.1 Å². The van der Waals surface area contributed by atoms with E-state index >= 15 is 0 Å². The number of alkyl halides is 3. The second kappa shape index (κ2) is 11.4. The number of nitrogens with zero attached hydrogens (tertiary/aromatic N) is 4. The van der Waals surface area contributed by atoms with Crippen LogP contribution in [0.1, 0.15) is 92.3 Å². The van der Waals surface area contributed by atoms with E-state index in [0.29, 0.717) is 12.8 Å². The maximum atomic E-state index is 14.4. The van der Waals surface area contributed by atoms with Crippen LogP contribution in [0.15, 0.2) is 18.6 Å². The van der Waals surface area contributed by atoms with Crippen molar-refractivity contribution in [1.82, 2.24) is 19.7 Å². The number of hydrogen-bond acceptors (Lipinski definition) is 5. The topological polar surface area (TPSA) is 105 Å². The van der Waals surface area contributed by atoms with Crippen LogP contribution < -0.4 is 0 Å². The maximum absolute atomic E-state index is 14.4. The minimum Gasteiger partial charge on any atom is -0.481 e. The monoisotopic (exact) mass is 590 g/mol. The molecule has 0 aliphatic heterocycles. The molecule has 0 atom stereocenters. The lowest BCUT2D eigenvalue weighted by Crippen LogP contribution is -2.42. The van der Waals surface area contributed by atoms with Gasteiger partial charge in [-0.15, -0.1) is 0 Å². The summed E-state index contributed by atoms with van der Waals surface area (Å²) in [4.78, 5) is 42.8. The van der Waals surface area contributed by atoms with E-state index in [9.17, 15) is 32.7 Å². The van der Waals surface area contributed by atoms with E-state index in [1.54, 1.807) is 20.8 Å². The summed E-state index contributed by atoms with van der Waals surface area (Å²) in [6, 6.07) is -0.655. The standard InChI is InChI=1S/C26H31Cl2F3N4O4/c1-24(2,3)14-34(13-19(36)21-17(27)11-32-12-18(21)28)23(39)16-10-33-35(22(16)26(29,30)31)15-5-7-25(4,8-6-15)9-20(37)38/h10-12,15H,5-9,13-14H2,1-4H3,(H,37,38)/t15-,25+. The van der Waals surface area contributed by atoms with Crippen molar-refractivity contribution in [3.8, 4) is 0 Å². The molecule has 0 bridgehead atoms. The number of rotatable bonds is 8. The summed E-state index contributed by atoms with van der Waals surface area (Å²) in [5.74, 6) is -2.60. The van der Waals surface area contributed by atoms with Gasteiger partial charge in [0.05, 0.1) is 46.4 Å². The molecule has 2 aromatic heterocycles. The molecule has 0 radical (unpaired) electrons. The van der Waals surface area contributed by atoms with Crippen LogP contribution in [0.25, 0.3) is 0 Å². The number of carbonyl (C=O) groups excluding carboxylic acids is 2. The Balaban J connectivity index is 1.96. The van der Waals surface area contributed by atoms with Gasteiger partial charge in [0.2, 0.25) is 0 Å². The minimum absolute atomic E-state index is 0.0304. The van der Waals surface area contributed by atoms with E-state index in [4.69, 9.17) is 23.2 Å². The second-order valence-electron chi connectivity index (χ2n) is 11.6. The van der Waals surface area contributed by atoms with E-state index in [1.165, 1.54) is 12.4 Å². The molecule has 1 N–H and O–H groups in total. The van der Waals surface area contributed by atoms with Crippen LogP contribution >= 0.6 is 23.2 Å². The molecule has 0 unspecified atom stereocenters. The van der Waals surface area contributed by atoms with Gasteiger partial charge in [0.25, 0.3) is 5.91 Å². The van der Waals surface area contributed by atoms with Crippen LogP contribution in [-0.2, 0) is 11.0 Å². The fourth-order valence-corrected chi connectivity index (χ4v) is 5.61. The SMILES string of the molecule is CC(C)(C)CN(CC(=O)c1c(Cl)cncc1Cl)C(=O)c1cnn([C@H]2CC[C@@](C)(CC(=O)O)CC2)c1C(F)(F)F. The van der Waals surface area contributed by atoms with E-state index in [0.717, 1.165) is 15.8 Å². The van der Waals surface area contributed by atoms with Gasteiger partial charge in [-0.05, 0) is 36.5 Å². The van der Waals surface area contributed by atoms with Crippen molar-refractivity contribution in [2.45, 2.75) is 72.0 Å². The molecule has 1 aliphatic rings. The van der Waals surface area contributed by atoms with Crippen LogP contribution in [0.3, 0.4) is 0 Å². The predicted molar refractivity (Wildman–Crippen MR) is 139 cm³/mol. The van der Waals surface area contributed by atoms with Crippen LogP contribution in [-0.4, -0.2) is 55.5 Å². The summed E-state index contributed by atoms with van der Waals surface area (Å²) < 4.78 is 44.0. The number of carboxylic acids is 1. The molecule has 2 aromatic rings. The number of ketones is 1. The smallest absolute Gasteiger partial charge is 0.433 e. The highest BCUT2D eigenvalue weighted by Crippen LogP contribution is 2.45.